The van der Waals surface area contributed by atoms with Crippen molar-refractivity contribution in [3.63, 3.8) is 0 Å². The van der Waals surface area contributed by atoms with E-state index in [9.17, 15) is 13.2 Å². The minimum Gasteiger partial charge on any atom is -0.383 e. The number of hydrogen-bond donors (Lipinski definition) is 2. The Hall–Kier alpha value is -1.86. The Kier molecular flexibility index (Phi) is 4.06. The van der Waals surface area contributed by atoms with Crippen LogP contribution in [0.3, 0.4) is 0 Å². The molecule has 2 N–H and O–H groups in total. The number of sulfonamides is 1. The highest BCUT2D eigenvalue weighted by atomic mass is 32.2. The highest BCUT2D eigenvalue weighted by Gasteiger charge is 2.27. The number of nitrogens with zero attached hydrogens (tertiary/aromatic N) is 1. The van der Waals surface area contributed by atoms with Crippen LogP contribution in [0.15, 0.2) is 29.3 Å². The minimum atomic E-state index is -3.58. The summed E-state index contributed by atoms with van der Waals surface area (Å²) in [5, 5.41) is 2.72. The van der Waals surface area contributed by atoms with E-state index in [1.165, 1.54) is 12.1 Å². The molecule has 1 aliphatic heterocycles. The molecule has 1 aromatic rings. The highest BCUT2D eigenvalue weighted by molar-refractivity contribution is 7.89. The van der Waals surface area contributed by atoms with Gasteiger partial charge in [-0.15, -0.1) is 0 Å². The van der Waals surface area contributed by atoms with E-state index in [1.54, 1.807) is 45.1 Å². The van der Waals surface area contributed by atoms with Gasteiger partial charge in [0.2, 0.25) is 10.0 Å². The summed E-state index contributed by atoms with van der Waals surface area (Å²) in [5.41, 5.74) is 1.67. The molecule has 7 heteroatoms. The van der Waals surface area contributed by atoms with Crippen LogP contribution in [0.1, 0.15) is 19.4 Å². The summed E-state index contributed by atoms with van der Waals surface area (Å²) in [6.45, 7) is 3.51. The third-order valence-corrected chi connectivity index (χ3v) is 4.52. The number of carbonyl (C=O) groups excluding carboxylic acids is 1. The molecule has 0 aromatic heterocycles. The minimum absolute atomic E-state index is 0.149. The van der Waals surface area contributed by atoms with E-state index in [0.29, 0.717) is 16.8 Å². The molecule has 1 heterocycles. The third-order valence-electron chi connectivity index (χ3n) is 2.86. The van der Waals surface area contributed by atoms with Crippen molar-refractivity contribution in [1.29, 1.82) is 0 Å². The first-order valence-corrected chi connectivity index (χ1v) is 8.05. The van der Waals surface area contributed by atoms with Crippen molar-refractivity contribution in [2.24, 2.45) is 0 Å². The maximum atomic E-state index is 12.2. The fourth-order valence-corrected chi connectivity index (χ4v) is 3.38. The molecule has 1 aromatic carbocycles. The van der Waals surface area contributed by atoms with Gasteiger partial charge < -0.3 is 10.2 Å². The molecule has 6 nitrogen and oxygen atoms in total. The molecule has 2 rings (SSSR count). The molecule has 0 spiro atoms. The van der Waals surface area contributed by atoms with Crippen molar-refractivity contribution in [2.45, 2.75) is 24.8 Å². The average Bonchev–Trinajstić information content (AvgIpc) is 2.63. The number of carbonyl (C=O) groups is 1. The van der Waals surface area contributed by atoms with Gasteiger partial charge in [-0.3, -0.25) is 4.79 Å². The van der Waals surface area contributed by atoms with Crippen molar-refractivity contribution >= 4 is 27.2 Å². The summed E-state index contributed by atoms with van der Waals surface area (Å²) in [6.07, 6.45) is 1.67. The normalized spacial score (nSPS) is 16.2. The first-order valence-electron chi connectivity index (χ1n) is 6.57. The number of hydrogen-bond acceptors (Lipinski definition) is 4. The second-order valence-electron chi connectivity index (χ2n) is 5.44. The van der Waals surface area contributed by atoms with Crippen LogP contribution in [0.25, 0.3) is 5.57 Å². The van der Waals surface area contributed by atoms with Gasteiger partial charge in [0.15, 0.2) is 0 Å². The molecule has 0 atom stereocenters. The van der Waals surface area contributed by atoms with Crippen LogP contribution in [0.2, 0.25) is 0 Å². The molecule has 0 aliphatic carbocycles. The molecule has 0 saturated heterocycles. The predicted octanol–water partition coefficient (Wildman–Crippen LogP) is 1.23. The lowest BCUT2D eigenvalue weighted by molar-refractivity contribution is -0.110. The second kappa shape index (κ2) is 5.50. The number of fused-ring (bicyclic) bond motifs is 1. The molecule has 0 fully saturated rings. The smallest absolute Gasteiger partial charge is 0.257 e. The van der Waals surface area contributed by atoms with Crippen LogP contribution in [-0.2, 0) is 14.8 Å². The number of amides is 1. The van der Waals surface area contributed by atoms with E-state index < -0.39 is 10.0 Å². The van der Waals surface area contributed by atoms with E-state index in [1.807, 2.05) is 0 Å². The Morgan fingerprint density at radius 1 is 1.29 bits per heavy atom. The van der Waals surface area contributed by atoms with E-state index >= 15 is 0 Å². The summed E-state index contributed by atoms with van der Waals surface area (Å²) in [4.78, 5) is 13.8. The monoisotopic (exact) mass is 309 g/mol. The second-order valence-corrected chi connectivity index (χ2v) is 7.16. The van der Waals surface area contributed by atoms with Crippen LogP contribution < -0.4 is 10.0 Å². The Morgan fingerprint density at radius 2 is 1.95 bits per heavy atom. The van der Waals surface area contributed by atoms with Gasteiger partial charge in [0.05, 0.1) is 10.5 Å². The van der Waals surface area contributed by atoms with Gasteiger partial charge in [0.1, 0.15) is 0 Å². The van der Waals surface area contributed by atoms with Crippen molar-refractivity contribution in [3.05, 3.63) is 30.0 Å². The van der Waals surface area contributed by atoms with Crippen LogP contribution in [0, 0.1) is 0 Å². The largest absolute Gasteiger partial charge is 0.383 e. The van der Waals surface area contributed by atoms with Gasteiger partial charge in [0, 0.05) is 37.6 Å². The summed E-state index contributed by atoms with van der Waals surface area (Å²) in [5.74, 6) is -0.231. The van der Waals surface area contributed by atoms with E-state index in [0.717, 1.165) is 0 Å². The van der Waals surface area contributed by atoms with Crippen molar-refractivity contribution in [3.8, 4) is 0 Å². The van der Waals surface area contributed by atoms with Crippen molar-refractivity contribution in [1.82, 2.24) is 9.62 Å². The lowest BCUT2D eigenvalue weighted by atomic mass is 10.1. The van der Waals surface area contributed by atoms with Gasteiger partial charge in [-0.25, -0.2) is 13.1 Å². The number of benzene rings is 1. The Morgan fingerprint density at radius 3 is 2.52 bits per heavy atom. The standard InChI is InChI=1S/C14H19N3O3S/c1-9(2)16-21(19,20)10-5-6-13-11(7-10)12(8-17(3)4)14(18)15-13/h5-9,16H,1-4H3,(H,15,18). The van der Waals surface area contributed by atoms with Crippen molar-refractivity contribution < 1.29 is 13.2 Å². The topological polar surface area (TPSA) is 78.5 Å². The Bertz CT molecular complexity index is 706. The lowest BCUT2D eigenvalue weighted by Crippen LogP contribution is -2.30. The van der Waals surface area contributed by atoms with Crippen LogP contribution in [0.5, 0.6) is 0 Å². The molecule has 1 amide bonds. The molecule has 1 aliphatic rings. The fourth-order valence-electron chi connectivity index (χ4n) is 2.10. The van der Waals surface area contributed by atoms with E-state index in [4.69, 9.17) is 0 Å². The number of nitrogens with one attached hydrogen (secondary N) is 2. The van der Waals surface area contributed by atoms with Gasteiger partial charge in [-0.2, -0.15) is 0 Å². The highest BCUT2D eigenvalue weighted by Crippen LogP contribution is 2.33. The summed E-state index contributed by atoms with van der Waals surface area (Å²) < 4.78 is 26.9. The third kappa shape index (κ3) is 3.25. The average molecular weight is 309 g/mol. The first-order chi connectivity index (χ1) is 9.70. The fraction of sp³-hybridized carbons (Fsp3) is 0.357. The molecule has 0 bridgehead atoms. The van der Waals surface area contributed by atoms with Crippen LogP contribution in [0.4, 0.5) is 5.69 Å². The summed E-state index contributed by atoms with van der Waals surface area (Å²) in [7, 11) is 0.0291. The predicted molar refractivity (Wildman–Crippen MR) is 82.2 cm³/mol. The van der Waals surface area contributed by atoms with Gasteiger partial charge in [-0.1, -0.05) is 0 Å². The maximum absolute atomic E-state index is 12.2. The first kappa shape index (κ1) is 15.5. The van der Waals surface area contributed by atoms with Crippen LogP contribution in [-0.4, -0.2) is 39.4 Å². The Labute approximate surface area is 124 Å². The molecule has 0 radical (unpaired) electrons. The number of anilines is 1. The van der Waals surface area contributed by atoms with Gasteiger partial charge in [0.25, 0.3) is 5.91 Å². The SMILES string of the molecule is CC(C)NS(=O)(=O)c1ccc2c(c1)C(=CN(C)C)C(=O)N2. The lowest BCUT2D eigenvalue weighted by Gasteiger charge is -2.11. The quantitative estimate of drug-likeness (QED) is 0.820. The zero-order valence-corrected chi connectivity index (χ0v) is 13.3. The molecular weight excluding hydrogens is 290 g/mol. The maximum Gasteiger partial charge on any atom is 0.257 e. The van der Waals surface area contributed by atoms with E-state index in [2.05, 4.69) is 10.0 Å². The van der Waals surface area contributed by atoms with Crippen molar-refractivity contribution in [2.75, 3.05) is 19.4 Å². The summed E-state index contributed by atoms with van der Waals surface area (Å²) in [6, 6.07) is 4.42. The van der Waals surface area contributed by atoms with Gasteiger partial charge >= 0.3 is 0 Å². The molecular formula is C14H19N3O3S. The van der Waals surface area contributed by atoms with Gasteiger partial charge in [-0.05, 0) is 32.0 Å². The van der Waals surface area contributed by atoms with E-state index in [-0.39, 0.29) is 16.8 Å². The molecule has 114 valence electrons. The molecule has 21 heavy (non-hydrogen) atoms. The molecule has 0 unspecified atom stereocenters. The molecule has 0 saturated carbocycles. The van der Waals surface area contributed by atoms with Crippen LogP contribution >= 0.6 is 0 Å². The number of rotatable bonds is 4. The zero-order valence-electron chi connectivity index (χ0n) is 12.5. The zero-order chi connectivity index (χ0) is 15.8. The Balaban J connectivity index is 2.50. The summed E-state index contributed by atoms with van der Waals surface area (Å²) >= 11 is 0.